The number of aromatic nitrogens is 2. The highest BCUT2D eigenvalue weighted by atomic mass is 19.1. The Morgan fingerprint density at radius 1 is 1.09 bits per heavy atom. The van der Waals surface area contributed by atoms with Crippen molar-refractivity contribution in [2.45, 2.75) is 45.4 Å². The highest BCUT2D eigenvalue weighted by molar-refractivity contribution is 5.77. The van der Waals surface area contributed by atoms with Gasteiger partial charge >= 0.3 is 12.1 Å². The molecule has 32 heavy (non-hydrogen) atoms. The standard InChI is InChI=1S/C23H31FN4O4/c1-16(17-6-8-18(24)9-7-17)28-15-25-14-19(28)20(21(29)31-5)26-10-12-27(13-11-26)22(30)32-23(2,3)4/h6-9,14-16,20H,10-13H2,1-5H3. The molecule has 0 radical (unpaired) electrons. The SMILES string of the molecule is COC(=O)C(c1cncn1C(C)c1ccc(F)cc1)N1CCN(C(=O)OC(C)(C)C)CC1. The van der Waals surface area contributed by atoms with E-state index in [1.807, 2.05) is 37.2 Å². The van der Waals surface area contributed by atoms with Crippen molar-refractivity contribution in [3.63, 3.8) is 0 Å². The average molecular weight is 447 g/mol. The predicted octanol–water partition coefficient (Wildman–Crippen LogP) is 3.40. The van der Waals surface area contributed by atoms with Crippen LogP contribution in [0.3, 0.4) is 0 Å². The average Bonchev–Trinajstić information content (AvgIpc) is 3.22. The normalized spacial score (nSPS) is 17.0. The van der Waals surface area contributed by atoms with Gasteiger partial charge in [0.25, 0.3) is 0 Å². The van der Waals surface area contributed by atoms with Crippen molar-refractivity contribution in [3.05, 3.63) is 53.9 Å². The maximum absolute atomic E-state index is 13.3. The van der Waals surface area contributed by atoms with E-state index >= 15 is 0 Å². The van der Waals surface area contributed by atoms with Gasteiger partial charge in [0.2, 0.25) is 0 Å². The van der Waals surface area contributed by atoms with Crippen molar-refractivity contribution in [1.82, 2.24) is 19.4 Å². The fraction of sp³-hybridized carbons (Fsp3) is 0.522. The molecular formula is C23H31FN4O4. The van der Waals surface area contributed by atoms with E-state index in [9.17, 15) is 14.0 Å². The highest BCUT2D eigenvalue weighted by Crippen LogP contribution is 2.28. The summed E-state index contributed by atoms with van der Waals surface area (Å²) in [5.74, 6) is -0.703. The lowest BCUT2D eigenvalue weighted by atomic mass is 10.1. The van der Waals surface area contributed by atoms with Crippen LogP contribution < -0.4 is 0 Å². The van der Waals surface area contributed by atoms with Gasteiger partial charge in [-0.2, -0.15) is 0 Å². The van der Waals surface area contributed by atoms with E-state index in [1.165, 1.54) is 19.2 Å². The van der Waals surface area contributed by atoms with Gasteiger partial charge in [-0.1, -0.05) is 12.1 Å². The number of imidazole rings is 1. The van der Waals surface area contributed by atoms with Crippen molar-refractivity contribution < 1.29 is 23.5 Å². The molecule has 2 unspecified atom stereocenters. The summed E-state index contributed by atoms with van der Waals surface area (Å²) < 4.78 is 25.8. The van der Waals surface area contributed by atoms with Crippen molar-refractivity contribution in [3.8, 4) is 0 Å². The summed E-state index contributed by atoms with van der Waals surface area (Å²) >= 11 is 0. The summed E-state index contributed by atoms with van der Waals surface area (Å²) in [5, 5.41) is 0. The van der Waals surface area contributed by atoms with Crippen LogP contribution in [0.1, 0.15) is 51.0 Å². The second-order valence-corrected chi connectivity index (χ2v) is 8.88. The van der Waals surface area contributed by atoms with E-state index in [0.29, 0.717) is 31.9 Å². The molecule has 0 bridgehead atoms. The molecule has 3 rings (SSSR count). The van der Waals surface area contributed by atoms with Gasteiger partial charge in [-0.3, -0.25) is 4.90 Å². The minimum Gasteiger partial charge on any atom is -0.468 e. The summed E-state index contributed by atoms with van der Waals surface area (Å²) in [6.07, 6.45) is 2.96. The molecule has 8 nitrogen and oxygen atoms in total. The number of carbonyl (C=O) groups excluding carboxylic acids is 2. The summed E-state index contributed by atoms with van der Waals surface area (Å²) in [7, 11) is 1.36. The van der Waals surface area contributed by atoms with Gasteiger partial charge in [0.15, 0.2) is 6.04 Å². The molecule has 1 aliphatic heterocycles. The number of piperazine rings is 1. The number of benzene rings is 1. The molecule has 2 aromatic rings. The largest absolute Gasteiger partial charge is 0.468 e. The van der Waals surface area contributed by atoms with Crippen LogP contribution >= 0.6 is 0 Å². The zero-order valence-electron chi connectivity index (χ0n) is 19.2. The van der Waals surface area contributed by atoms with E-state index in [2.05, 4.69) is 4.98 Å². The van der Waals surface area contributed by atoms with Crippen molar-refractivity contribution in [2.24, 2.45) is 0 Å². The second-order valence-electron chi connectivity index (χ2n) is 8.88. The lowest BCUT2D eigenvalue weighted by Crippen LogP contribution is -2.52. The lowest BCUT2D eigenvalue weighted by molar-refractivity contribution is -0.148. The number of hydrogen-bond acceptors (Lipinski definition) is 6. The number of ether oxygens (including phenoxy) is 2. The number of rotatable bonds is 5. The molecule has 1 saturated heterocycles. The smallest absolute Gasteiger partial charge is 0.410 e. The molecule has 0 N–H and O–H groups in total. The van der Waals surface area contributed by atoms with Crippen LogP contribution in [0.5, 0.6) is 0 Å². The van der Waals surface area contributed by atoms with Crippen molar-refractivity contribution in [1.29, 1.82) is 0 Å². The molecule has 0 aliphatic carbocycles. The first kappa shape index (κ1) is 23.7. The second kappa shape index (κ2) is 9.68. The molecule has 1 aromatic carbocycles. The van der Waals surface area contributed by atoms with Gasteiger partial charge < -0.3 is 18.9 Å². The minimum absolute atomic E-state index is 0.164. The number of methoxy groups -OCH3 is 1. The molecule has 174 valence electrons. The van der Waals surface area contributed by atoms with Crippen LogP contribution in [-0.4, -0.2) is 70.3 Å². The Morgan fingerprint density at radius 3 is 2.28 bits per heavy atom. The molecular weight excluding hydrogens is 415 g/mol. The Morgan fingerprint density at radius 2 is 1.72 bits per heavy atom. The predicted molar refractivity (Wildman–Crippen MR) is 117 cm³/mol. The Balaban J connectivity index is 1.79. The van der Waals surface area contributed by atoms with Gasteiger partial charge in [-0.15, -0.1) is 0 Å². The Kier molecular flexibility index (Phi) is 7.18. The summed E-state index contributed by atoms with van der Waals surface area (Å²) in [6.45, 7) is 9.29. The van der Waals surface area contributed by atoms with E-state index in [1.54, 1.807) is 29.6 Å². The third-order valence-electron chi connectivity index (χ3n) is 5.50. The maximum Gasteiger partial charge on any atom is 0.410 e. The topological polar surface area (TPSA) is 76.9 Å². The summed E-state index contributed by atoms with van der Waals surface area (Å²) in [6, 6.07) is 5.42. The van der Waals surface area contributed by atoms with Crippen molar-refractivity contribution in [2.75, 3.05) is 33.3 Å². The Hall–Kier alpha value is -2.94. The highest BCUT2D eigenvalue weighted by Gasteiger charge is 2.36. The Bertz CT molecular complexity index is 930. The molecule has 2 atom stereocenters. The van der Waals surface area contributed by atoms with E-state index in [0.717, 1.165) is 5.56 Å². The molecule has 1 aromatic heterocycles. The first-order chi connectivity index (χ1) is 15.1. The maximum atomic E-state index is 13.3. The third-order valence-corrected chi connectivity index (χ3v) is 5.50. The van der Waals surface area contributed by atoms with Crippen LogP contribution in [0, 0.1) is 5.82 Å². The number of nitrogens with zero attached hydrogens (tertiary/aromatic N) is 4. The third kappa shape index (κ3) is 5.45. The van der Waals surface area contributed by atoms with E-state index in [4.69, 9.17) is 9.47 Å². The minimum atomic E-state index is -0.675. The van der Waals surface area contributed by atoms with Gasteiger partial charge in [-0.25, -0.2) is 19.0 Å². The number of carbonyl (C=O) groups is 2. The number of amides is 1. The van der Waals surface area contributed by atoms with Crippen LogP contribution in [0.25, 0.3) is 0 Å². The molecule has 0 saturated carbocycles. The number of hydrogen-bond donors (Lipinski definition) is 0. The number of esters is 1. The zero-order valence-corrected chi connectivity index (χ0v) is 19.2. The monoisotopic (exact) mass is 446 g/mol. The number of halogens is 1. The quantitative estimate of drug-likeness (QED) is 0.656. The fourth-order valence-electron chi connectivity index (χ4n) is 3.81. The van der Waals surface area contributed by atoms with Gasteiger partial charge in [0.05, 0.1) is 31.4 Å². The molecule has 1 amide bonds. The summed E-state index contributed by atoms with van der Waals surface area (Å²) in [4.78, 5) is 33.1. The van der Waals surface area contributed by atoms with Crippen molar-refractivity contribution >= 4 is 12.1 Å². The van der Waals surface area contributed by atoms with Gasteiger partial charge in [0.1, 0.15) is 11.4 Å². The van der Waals surface area contributed by atoms with Gasteiger partial charge in [-0.05, 0) is 45.4 Å². The summed E-state index contributed by atoms with van der Waals surface area (Å²) in [5.41, 5.74) is 1.01. The first-order valence-electron chi connectivity index (χ1n) is 10.7. The lowest BCUT2D eigenvalue weighted by Gasteiger charge is -2.38. The molecule has 2 heterocycles. The van der Waals surface area contributed by atoms with E-state index in [-0.39, 0.29) is 18.0 Å². The molecule has 1 aliphatic rings. The van der Waals surface area contributed by atoms with Crippen LogP contribution in [-0.2, 0) is 14.3 Å². The Labute approximate surface area is 187 Å². The zero-order chi connectivity index (χ0) is 23.5. The molecule has 9 heteroatoms. The van der Waals surface area contributed by atoms with Crippen LogP contribution in [0.2, 0.25) is 0 Å². The van der Waals surface area contributed by atoms with Gasteiger partial charge in [0, 0.05) is 26.2 Å². The molecule has 0 spiro atoms. The fourth-order valence-corrected chi connectivity index (χ4v) is 3.81. The first-order valence-corrected chi connectivity index (χ1v) is 10.7. The van der Waals surface area contributed by atoms with E-state index < -0.39 is 17.6 Å². The molecule has 1 fully saturated rings. The van der Waals surface area contributed by atoms with Crippen LogP contribution in [0.15, 0.2) is 36.8 Å². The van der Waals surface area contributed by atoms with Crippen LogP contribution in [0.4, 0.5) is 9.18 Å².